The van der Waals surface area contributed by atoms with Gasteiger partial charge in [-0.15, -0.1) is 0 Å². The summed E-state index contributed by atoms with van der Waals surface area (Å²) < 4.78 is 0. The Balaban J connectivity index is 0.000000169. The summed E-state index contributed by atoms with van der Waals surface area (Å²) in [5.41, 5.74) is 1.22. The monoisotopic (exact) mass is 484 g/mol. The van der Waals surface area contributed by atoms with Gasteiger partial charge in [-0.1, -0.05) is 60.7 Å². The maximum atomic E-state index is 12.2. The molecule has 36 heavy (non-hydrogen) atoms. The highest BCUT2D eigenvalue weighted by molar-refractivity contribution is 6.29. The molecule has 0 aromatic heterocycles. The fourth-order valence-corrected chi connectivity index (χ4v) is 3.32. The highest BCUT2D eigenvalue weighted by Crippen LogP contribution is 2.37. The number of rotatable bonds is 2. The number of carbonyl (C=O) groups excluding carboxylic acids is 2. The lowest BCUT2D eigenvalue weighted by Gasteiger charge is -2.18. The summed E-state index contributed by atoms with van der Waals surface area (Å²) in [7, 11) is 0. The van der Waals surface area contributed by atoms with Gasteiger partial charge < -0.3 is 20.4 Å². The Bertz CT molecular complexity index is 1380. The van der Waals surface area contributed by atoms with E-state index in [1.54, 1.807) is 78.9 Å². The van der Waals surface area contributed by atoms with Crippen molar-refractivity contribution in [2.75, 3.05) is 0 Å². The maximum absolute atomic E-state index is 12.2. The van der Waals surface area contributed by atoms with E-state index in [1.165, 1.54) is 18.2 Å². The minimum absolute atomic E-state index is 0.119. The van der Waals surface area contributed by atoms with Gasteiger partial charge in [-0.05, 0) is 36.4 Å². The van der Waals surface area contributed by atoms with Gasteiger partial charge in [0.25, 0.3) is 0 Å². The van der Waals surface area contributed by atoms with Crippen molar-refractivity contribution in [3.63, 3.8) is 0 Å². The van der Waals surface area contributed by atoms with Gasteiger partial charge in [-0.2, -0.15) is 0 Å². The summed E-state index contributed by atoms with van der Waals surface area (Å²) in [4.78, 5) is 44.8. The molecule has 0 radical (unpaired) electrons. The molecule has 0 spiro atoms. The summed E-state index contributed by atoms with van der Waals surface area (Å²) in [6, 6.07) is 25.6. The van der Waals surface area contributed by atoms with Crippen LogP contribution in [-0.4, -0.2) is 43.9 Å². The number of ketones is 2. The zero-order valence-electron chi connectivity index (χ0n) is 18.7. The minimum Gasteiger partial charge on any atom is -0.504 e. The zero-order valence-corrected chi connectivity index (χ0v) is 18.7. The van der Waals surface area contributed by atoms with Crippen molar-refractivity contribution in [1.82, 2.24) is 0 Å². The first-order chi connectivity index (χ1) is 17.2. The average Bonchev–Trinajstić information content (AvgIpc) is 2.90. The number of benzene rings is 4. The van der Waals surface area contributed by atoms with Crippen LogP contribution in [0.4, 0.5) is 0 Å². The second-order valence-electron chi connectivity index (χ2n) is 7.40. The number of carbonyl (C=O) groups is 4. The first kappa shape index (κ1) is 25.4. The topological polar surface area (TPSA) is 149 Å². The van der Waals surface area contributed by atoms with Crippen LogP contribution in [0, 0.1) is 0 Å². The second-order valence-corrected chi connectivity index (χ2v) is 7.40. The van der Waals surface area contributed by atoms with E-state index >= 15 is 0 Å². The minimum atomic E-state index is -0.879. The Hall–Kier alpha value is -5.24. The number of phenolic OH excluding ortho intramolecular Hbond substituents is 2. The summed E-state index contributed by atoms with van der Waals surface area (Å²) >= 11 is 0. The summed E-state index contributed by atoms with van der Waals surface area (Å²) in [5.74, 6) is -3.48. The predicted molar refractivity (Wildman–Crippen MR) is 130 cm³/mol. The van der Waals surface area contributed by atoms with Crippen LogP contribution in [0.5, 0.6) is 11.5 Å². The van der Waals surface area contributed by atoms with Crippen LogP contribution < -0.4 is 0 Å². The number of aromatic hydroxyl groups is 2. The second kappa shape index (κ2) is 11.3. The first-order valence-corrected chi connectivity index (χ1v) is 10.5. The average molecular weight is 484 g/mol. The molecule has 0 saturated heterocycles. The smallest absolute Gasteiger partial charge is 0.335 e. The molecule has 5 rings (SSSR count). The fourth-order valence-electron chi connectivity index (χ4n) is 3.32. The van der Waals surface area contributed by atoms with Crippen molar-refractivity contribution >= 4 is 23.5 Å². The molecule has 8 nitrogen and oxygen atoms in total. The molecule has 0 saturated carbocycles. The van der Waals surface area contributed by atoms with E-state index < -0.39 is 29.2 Å². The molecular weight excluding hydrogens is 464 g/mol. The highest BCUT2D eigenvalue weighted by Gasteiger charge is 2.32. The summed E-state index contributed by atoms with van der Waals surface area (Å²) in [5, 5.41) is 35.9. The standard InChI is InChI=1S/C14H8O4.2C7H6O2/c15-10-6-5-9-11(14(10)18)13(17)8-4-2-1-3-7(8)12(9)16;2*8-7(9)6-4-2-1-3-5-6/h1-6,15,18H;2*1-5H,(H,8,9). The fraction of sp³-hybridized carbons (Fsp3) is 0. The van der Waals surface area contributed by atoms with E-state index in [9.17, 15) is 29.4 Å². The molecule has 0 unspecified atom stereocenters. The molecule has 0 fully saturated rings. The van der Waals surface area contributed by atoms with Crippen molar-refractivity contribution in [2.45, 2.75) is 0 Å². The third kappa shape index (κ3) is 5.63. The molecular formula is C28H20O8. The van der Waals surface area contributed by atoms with Crippen LogP contribution in [0.1, 0.15) is 52.6 Å². The lowest BCUT2D eigenvalue weighted by Crippen LogP contribution is -2.20. The van der Waals surface area contributed by atoms with E-state index in [0.717, 1.165) is 0 Å². The largest absolute Gasteiger partial charge is 0.504 e. The Kier molecular flexibility index (Phi) is 7.94. The van der Waals surface area contributed by atoms with E-state index in [1.807, 2.05) is 0 Å². The van der Waals surface area contributed by atoms with Crippen LogP contribution >= 0.6 is 0 Å². The molecule has 0 heterocycles. The Morgan fingerprint density at radius 2 is 0.917 bits per heavy atom. The number of phenols is 2. The number of hydrogen-bond acceptors (Lipinski definition) is 6. The van der Waals surface area contributed by atoms with Crippen molar-refractivity contribution in [3.8, 4) is 11.5 Å². The SMILES string of the molecule is O=C(O)c1ccccc1.O=C(O)c1ccccc1.O=C1c2ccccc2C(=O)c2c1ccc(O)c2O. The highest BCUT2D eigenvalue weighted by atomic mass is 16.4. The van der Waals surface area contributed by atoms with E-state index in [-0.39, 0.29) is 22.5 Å². The van der Waals surface area contributed by atoms with Gasteiger partial charge in [-0.3, -0.25) is 9.59 Å². The van der Waals surface area contributed by atoms with Gasteiger partial charge in [-0.25, -0.2) is 9.59 Å². The molecule has 0 amide bonds. The molecule has 4 aromatic rings. The van der Waals surface area contributed by atoms with E-state index in [2.05, 4.69) is 0 Å². The predicted octanol–water partition coefficient (Wildman–Crippen LogP) is 4.64. The maximum Gasteiger partial charge on any atom is 0.335 e. The zero-order chi connectivity index (χ0) is 26.2. The molecule has 180 valence electrons. The lowest BCUT2D eigenvalue weighted by atomic mass is 9.83. The van der Waals surface area contributed by atoms with Crippen LogP contribution in [0.2, 0.25) is 0 Å². The third-order valence-corrected chi connectivity index (χ3v) is 5.09. The van der Waals surface area contributed by atoms with E-state index in [0.29, 0.717) is 16.7 Å². The Morgan fingerprint density at radius 3 is 1.33 bits per heavy atom. The van der Waals surface area contributed by atoms with Gasteiger partial charge in [0.15, 0.2) is 23.1 Å². The Labute approximate surface area is 205 Å². The molecule has 1 aliphatic rings. The van der Waals surface area contributed by atoms with Crippen LogP contribution in [0.15, 0.2) is 97.1 Å². The number of hydrogen-bond donors (Lipinski definition) is 4. The molecule has 4 aromatic carbocycles. The normalized spacial score (nSPS) is 11.0. The van der Waals surface area contributed by atoms with Crippen molar-refractivity contribution < 1.29 is 39.6 Å². The quantitative estimate of drug-likeness (QED) is 0.265. The van der Waals surface area contributed by atoms with Crippen LogP contribution in [0.3, 0.4) is 0 Å². The van der Waals surface area contributed by atoms with Gasteiger partial charge in [0.2, 0.25) is 0 Å². The third-order valence-electron chi connectivity index (χ3n) is 5.09. The number of carboxylic acids is 2. The van der Waals surface area contributed by atoms with Crippen molar-refractivity contribution in [2.24, 2.45) is 0 Å². The number of fused-ring (bicyclic) bond motifs is 2. The Morgan fingerprint density at radius 1 is 0.500 bits per heavy atom. The van der Waals surface area contributed by atoms with Crippen molar-refractivity contribution in [1.29, 1.82) is 0 Å². The van der Waals surface area contributed by atoms with Gasteiger partial charge in [0.05, 0.1) is 16.7 Å². The molecule has 0 aliphatic heterocycles. The molecule has 0 atom stereocenters. The van der Waals surface area contributed by atoms with Crippen LogP contribution in [-0.2, 0) is 0 Å². The number of carboxylic acid groups (broad SMARTS) is 2. The van der Waals surface area contributed by atoms with Crippen molar-refractivity contribution in [3.05, 3.63) is 130 Å². The van der Waals surface area contributed by atoms with Crippen LogP contribution in [0.25, 0.3) is 0 Å². The molecule has 4 N–H and O–H groups in total. The van der Waals surface area contributed by atoms with Gasteiger partial charge in [0.1, 0.15) is 0 Å². The molecule has 1 aliphatic carbocycles. The van der Waals surface area contributed by atoms with E-state index in [4.69, 9.17) is 10.2 Å². The molecule has 0 bridgehead atoms. The number of aromatic carboxylic acids is 2. The molecule has 8 heteroatoms. The summed E-state index contributed by atoms with van der Waals surface area (Å²) in [6.07, 6.45) is 0. The first-order valence-electron chi connectivity index (χ1n) is 10.5. The van der Waals surface area contributed by atoms with Gasteiger partial charge in [0, 0.05) is 16.7 Å². The van der Waals surface area contributed by atoms with Gasteiger partial charge >= 0.3 is 11.9 Å². The lowest BCUT2D eigenvalue weighted by molar-refractivity contribution is 0.0686. The summed E-state index contributed by atoms with van der Waals surface area (Å²) in [6.45, 7) is 0.